The molecule has 2 saturated heterocycles. The molecule has 1 aromatic rings. The van der Waals surface area contributed by atoms with Gasteiger partial charge in [0.2, 0.25) is 0 Å². The second kappa shape index (κ2) is 4.30. The van der Waals surface area contributed by atoms with Gasteiger partial charge in [0.05, 0.1) is 6.54 Å². The first-order chi connectivity index (χ1) is 9.32. The number of rotatable bonds is 2. The van der Waals surface area contributed by atoms with Gasteiger partial charge in [0.1, 0.15) is 5.82 Å². The van der Waals surface area contributed by atoms with Gasteiger partial charge in [0.15, 0.2) is 0 Å². The molecule has 0 aromatic carbocycles. The number of nitrogens with zero attached hydrogens (tertiary/aromatic N) is 4. The van der Waals surface area contributed by atoms with Gasteiger partial charge in [-0.1, -0.05) is 0 Å². The Kier molecular flexibility index (Phi) is 2.69. The van der Waals surface area contributed by atoms with Crippen LogP contribution in [-0.2, 0) is 13.1 Å². The molecule has 3 atom stereocenters. The second-order valence-electron chi connectivity index (χ2n) is 6.30. The molecule has 19 heavy (non-hydrogen) atoms. The summed E-state index contributed by atoms with van der Waals surface area (Å²) < 4.78 is 2.28. The summed E-state index contributed by atoms with van der Waals surface area (Å²) in [6, 6.07) is 0. The Bertz CT molecular complexity index is 470. The van der Waals surface area contributed by atoms with Crippen molar-refractivity contribution in [1.29, 1.82) is 0 Å². The molecule has 3 unspecified atom stereocenters. The Balaban J connectivity index is 1.63. The Morgan fingerprint density at radius 3 is 3.16 bits per heavy atom. The average Bonchev–Trinajstić information content (AvgIpc) is 3.07. The molecule has 0 saturated carbocycles. The van der Waals surface area contributed by atoms with Gasteiger partial charge < -0.3 is 15.2 Å². The lowest BCUT2D eigenvalue weighted by atomic mass is 9.77. The number of imidazole rings is 1. The standard InChI is InChI=1S/C14H23N5/c15-11-14(2-5-17-4-1-12(14)9-17)19-8-7-18-6-3-16-13(18)10-19/h3,6,12H,1-2,4-5,7-11,15H2. The summed E-state index contributed by atoms with van der Waals surface area (Å²) in [6.07, 6.45) is 6.57. The monoisotopic (exact) mass is 261 g/mol. The fourth-order valence-corrected chi connectivity index (χ4v) is 4.40. The topological polar surface area (TPSA) is 50.3 Å². The first-order valence-corrected chi connectivity index (χ1v) is 7.49. The predicted molar refractivity (Wildman–Crippen MR) is 73.6 cm³/mol. The van der Waals surface area contributed by atoms with Crippen LogP contribution >= 0.6 is 0 Å². The van der Waals surface area contributed by atoms with Gasteiger partial charge in [0, 0.05) is 44.1 Å². The molecule has 3 aliphatic heterocycles. The van der Waals surface area contributed by atoms with E-state index >= 15 is 0 Å². The molecule has 5 nitrogen and oxygen atoms in total. The van der Waals surface area contributed by atoms with E-state index in [-0.39, 0.29) is 5.54 Å². The molecule has 4 rings (SSSR count). The van der Waals surface area contributed by atoms with E-state index in [9.17, 15) is 0 Å². The van der Waals surface area contributed by atoms with Gasteiger partial charge in [0.25, 0.3) is 0 Å². The van der Waals surface area contributed by atoms with E-state index < -0.39 is 0 Å². The van der Waals surface area contributed by atoms with Gasteiger partial charge >= 0.3 is 0 Å². The highest BCUT2D eigenvalue weighted by atomic mass is 15.3. The lowest BCUT2D eigenvalue weighted by Crippen LogP contribution is -2.63. The normalized spacial score (nSPS) is 38.4. The molecular formula is C14H23N5. The van der Waals surface area contributed by atoms with Crippen LogP contribution < -0.4 is 5.73 Å². The van der Waals surface area contributed by atoms with Crippen LogP contribution in [-0.4, -0.2) is 57.6 Å². The maximum atomic E-state index is 6.26. The minimum atomic E-state index is 0.226. The van der Waals surface area contributed by atoms with E-state index in [4.69, 9.17) is 5.73 Å². The summed E-state index contributed by atoms with van der Waals surface area (Å²) in [6.45, 7) is 7.70. The fraction of sp³-hybridized carbons (Fsp3) is 0.786. The minimum absolute atomic E-state index is 0.226. The maximum absolute atomic E-state index is 6.26. The first kappa shape index (κ1) is 11.9. The van der Waals surface area contributed by atoms with Gasteiger partial charge in [-0.3, -0.25) is 4.90 Å². The van der Waals surface area contributed by atoms with Crippen LogP contribution in [0.1, 0.15) is 18.7 Å². The number of aromatic nitrogens is 2. The van der Waals surface area contributed by atoms with Crippen molar-refractivity contribution in [2.75, 3.05) is 32.7 Å². The summed E-state index contributed by atoms with van der Waals surface area (Å²) in [4.78, 5) is 9.74. The summed E-state index contributed by atoms with van der Waals surface area (Å²) in [5.41, 5.74) is 6.49. The summed E-state index contributed by atoms with van der Waals surface area (Å²) >= 11 is 0. The Hall–Kier alpha value is -0.910. The van der Waals surface area contributed by atoms with Crippen LogP contribution in [0.2, 0.25) is 0 Å². The smallest absolute Gasteiger partial charge is 0.122 e. The number of hydrogen-bond acceptors (Lipinski definition) is 4. The Labute approximate surface area is 114 Å². The SMILES string of the molecule is NCC1(N2CCn3ccnc3C2)CCN2CCC1C2. The van der Waals surface area contributed by atoms with Crippen molar-refractivity contribution in [2.24, 2.45) is 11.7 Å². The number of nitrogens with two attached hydrogens (primary N) is 1. The fourth-order valence-electron chi connectivity index (χ4n) is 4.40. The van der Waals surface area contributed by atoms with E-state index in [1.54, 1.807) is 0 Å². The van der Waals surface area contributed by atoms with Crippen LogP contribution in [0.4, 0.5) is 0 Å². The number of hydrogen-bond donors (Lipinski definition) is 1. The zero-order chi connectivity index (χ0) is 12.9. The molecule has 2 N–H and O–H groups in total. The molecule has 0 aliphatic carbocycles. The highest BCUT2D eigenvalue weighted by Crippen LogP contribution is 2.40. The van der Waals surface area contributed by atoms with Crippen LogP contribution in [0.15, 0.2) is 12.4 Å². The third-order valence-electron chi connectivity index (χ3n) is 5.62. The van der Waals surface area contributed by atoms with Crippen LogP contribution in [0.5, 0.6) is 0 Å². The minimum Gasteiger partial charge on any atom is -0.333 e. The highest BCUT2D eigenvalue weighted by Gasteiger charge is 2.49. The predicted octanol–water partition coefficient (Wildman–Crippen LogP) is 0.122. The molecule has 3 aliphatic rings. The Morgan fingerprint density at radius 2 is 2.26 bits per heavy atom. The van der Waals surface area contributed by atoms with Crippen molar-refractivity contribution in [3.63, 3.8) is 0 Å². The van der Waals surface area contributed by atoms with Crippen LogP contribution in [0.25, 0.3) is 0 Å². The molecule has 1 aromatic heterocycles. The summed E-state index contributed by atoms with van der Waals surface area (Å²) in [5, 5.41) is 0. The van der Waals surface area contributed by atoms with Gasteiger partial charge in [-0.2, -0.15) is 0 Å². The highest BCUT2D eigenvalue weighted by molar-refractivity contribution is 5.08. The zero-order valence-corrected chi connectivity index (χ0v) is 11.5. The molecular weight excluding hydrogens is 238 g/mol. The van der Waals surface area contributed by atoms with Crippen molar-refractivity contribution in [2.45, 2.75) is 31.5 Å². The molecule has 4 heterocycles. The largest absolute Gasteiger partial charge is 0.333 e. The van der Waals surface area contributed by atoms with E-state index in [1.165, 1.54) is 38.3 Å². The quantitative estimate of drug-likeness (QED) is 0.822. The average molecular weight is 261 g/mol. The van der Waals surface area contributed by atoms with Gasteiger partial charge in [-0.15, -0.1) is 0 Å². The van der Waals surface area contributed by atoms with Crippen molar-refractivity contribution in [1.82, 2.24) is 19.4 Å². The molecule has 5 heteroatoms. The lowest BCUT2D eigenvalue weighted by molar-refractivity contribution is -0.0110. The summed E-state index contributed by atoms with van der Waals surface area (Å²) in [7, 11) is 0. The molecule has 2 fully saturated rings. The van der Waals surface area contributed by atoms with E-state index in [1.807, 2.05) is 6.20 Å². The summed E-state index contributed by atoms with van der Waals surface area (Å²) in [5.74, 6) is 1.97. The first-order valence-electron chi connectivity index (χ1n) is 7.49. The number of fused-ring (bicyclic) bond motifs is 3. The third-order valence-corrected chi connectivity index (χ3v) is 5.62. The molecule has 0 radical (unpaired) electrons. The Morgan fingerprint density at radius 1 is 1.32 bits per heavy atom. The van der Waals surface area contributed by atoms with E-state index in [0.29, 0.717) is 0 Å². The van der Waals surface area contributed by atoms with Crippen molar-refractivity contribution < 1.29 is 0 Å². The second-order valence-corrected chi connectivity index (χ2v) is 6.30. The zero-order valence-electron chi connectivity index (χ0n) is 11.5. The van der Waals surface area contributed by atoms with Crippen molar-refractivity contribution >= 4 is 0 Å². The van der Waals surface area contributed by atoms with Crippen molar-refractivity contribution in [3.8, 4) is 0 Å². The van der Waals surface area contributed by atoms with Crippen LogP contribution in [0.3, 0.4) is 0 Å². The molecule has 0 amide bonds. The molecule has 2 bridgehead atoms. The van der Waals surface area contributed by atoms with E-state index in [2.05, 4.69) is 25.5 Å². The van der Waals surface area contributed by atoms with Crippen LogP contribution in [0, 0.1) is 5.92 Å². The van der Waals surface area contributed by atoms with Gasteiger partial charge in [-0.05, 0) is 31.8 Å². The van der Waals surface area contributed by atoms with E-state index in [0.717, 1.165) is 32.1 Å². The van der Waals surface area contributed by atoms with Crippen molar-refractivity contribution in [3.05, 3.63) is 18.2 Å². The molecule has 104 valence electrons. The number of piperidine rings is 1. The maximum Gasteiger partial charge on any atom is 0.122 e. The third kappa shape index (κ3) is 1.68. The lowest BCUT2D eigenvalue weighted by Gasteiger charge is -2.51. The molecule has 0 spiro atoms. The van der Waals surface area contributed by atoms with Gasteiger partial charge in [-0.25, -0.2) is 4.98 Å².